The van der Waals surface area contributed by atoms with Gasteiger partial charge < -0.3 is 10.1 Å². The molecule has 32 heavy (non-hydrogen) atoms. The van der Waals surface area contributed by atoms with Gasteiger partial charge in [-0.1, -0.05) is 42.3 Å². The Kier molecular flexibility index (Phi) is 7.66. The van der Waals surface area contributed by atoms with E-state index in [2.05, 4.69) is 10.0 Å². The molecule has 1 amide bonds. The average molecular weight is 493 g/mol. The van der Waals surface area contributed by atoms with Gasteiger partial charge >= 0.3 is 0 Å². The lowest BCUT2D eigenvalue weighted by atomic mass is 10.2. The third kappa shape index (κ3) is 6.16. The number of halogens is 2. The van der Waals surface area contributed by atoms with Crippen molar-refractivity contribution < 1.29 is 17.9 Å². The summed E-state index contributed by atoms with van der Waals surface area (Å²) in [5.41, 5.74) is 1.65. The van der Waals surface area contributed by atoms with Crippen molar-refractivity contribution in [2.75, 3.05) is 10.0 Å². The minimum Gasteiger partial charge on any atom is -0.481 e. The second-order valence-corrected chi connectivity index (χ2v) is 9.58. The minimum atomic E-state index is -3.81. The number of amides is 1. The standard InChI is InChI=1S/C23H22Cl2N2O4S/c1-3-22(31-19-6-4-5-16(24)13-19)23(28)26-17-9-11-20(12-10-17)32(29,30)27-18-8-7-15(2)21(25)14-18/h4-14,22,27H,3H2,1-2H3,(H,26,28)/t22-/m0/s1. The van der Waals surface area contributed by atoms with Gasteiger partial charge in [-0.05, 0) is 73.5 Å². The van der Waals surface area contributed by atoms with Crippen LogP contribution in [0, 0.1) is 6.92 Å². The number of rotatable bonds is 8. The van der Waals surface area contributed by atoms with Crippen LogP contribution in [-0.4, -0.2) is 20.4 Å². The Bertz CT molecular complexity index is 1210. The molecule has 0 spiro atoms. The zero-order valence-corrected chi connectivity index (χ0v) is 19.8. The van der Waals surface area contributed by atoms with Gasteiger partial charge in [0.05, 0.1) is 10.6 Å². The Labute approximate surface area is 197 Å². The SMILES string of the molecule is CC[C@H](Oc1cccc(Cl)c1)C(=O)Nc1ccc(S(=O)(=O)Nc2ccc(C)c(Cl)c2)cc1. The lowest BCUT2D eigenvalue weighted by Crippen LogP contribution is -2.32. The number of carbonyl (C=O) groups excluding carboxylic acids is 1. The number of ether oxygens (including phenoxy) is 1. The molecule has 3 aromatic carbocycles. The van der Waals surface area contributed by atoms with Gasteiger partial charge in [0.15, 0.2) is 6.10 Å². The monoisotopic (exact) mass is 492 g/mol. The second-order valence-electron chi connectivity index (χ2n) is 7.06. The number of anilines is 2. The smallest absolute Gasteiger partial charge is 0.265 e. The molecule has 0 radical (unpaired) electrons. The zero-order chi connectivity index (χ0) is 23.3. The summed E-state index contributed by atoms with van der Waals surface area (Å²) in [5, 5.41) is 3.72. The highest BCUT2D eigenvalue weighted by Crippen LogP contribution is 2.24. The Morgan fingerprint density at radius 2 is 1.69 bits per heavy atom. The summed E-state index contributed by atoms with van der Waals surface area (Å²) in [5.74, 6) is 0.138. The largest absolute Gasteiger partial charge is 0.481 e. The normalized spacial score (nSPS) is 12.1. The Balaban J connectivity index is 1.67. The first-order chi connectivity index (χ1) is 15.2. The lowest BCUT2D eigenvalue weighted by molar-refractivity contribution is -0.122. The van der Waals surface area contributed by atoms with Crippen LogP contribution in [0.1, 0.15) is 18.9 Å². The topological polar surface area (TPSA) is 84.5 Å². The van der Waals surface area contributed by atoms with Crippen LogP contribution < -0.4 is 14.8 Å². The number of nitrogens with one attached hydrogen (secondary N) is 2. The highest BCUT2D eigenvalue weighted by molar-refractivity contribution is 7.92. The van der Waals surface area contributed by atoms with Crippen molar-refractivity contribution >= 4 is 50.5 Å². The molecule has 3 aromatic rings. The first kappa shape index (κ1) is 23.9. The van der Waals surface area contributed by atoms with Gasteiger partial charge in [-0.2, -0.15) is 0 Å². The van der Waals surface area contributed by atoms with E-state index in [0.29, 0.717) is 33.6 Å². The summed E-state index contributed by atoms with van der Waals surface area (Å²) in [6.45, 7) is 3.66. The number of carbonyl (C=O) groups is 1. The molecule has 0 aliphatic carbocycles. The summed E-state index contributed by atoms with van der Waals surface area (Å²) >= 11 is 12.0. The van der Waals surface area contributed by atoms with Crippen LogP contribution in [0.5, 0.6) is 5.75 Å². The van der Waals surface area contributed by atoms with Crippen LogP contribution in [0.2, 0.25) is 10.0 Å². The molecule has 0 saturated heterocycles. The number of hydrogen-bond donors (Lipinski definition) is 2. The van der Waals surface area contributed by atoms with Gasteiger partial charge in [-0.3, -0.25) is 9.52 Å². The van der Waals surface area contributed by atoms with Crippen molar-refractivity contribution in [1.29, 1.82) is 0 Å². The van der Waals surface area contributed by atoms with Crippen molar-refractivity contribution in [2.45, 2.75) is 31.3 Å². The lowest BCUT2D eigenvalue weighted by Gasteiger charge is -2.17. The van der Waals surface area contributed by atoms with E-state index in [4.69, 9.17) is 27.9 Å². The first-order valence-corrected chi connectivity index (χ1v) is 12.0. The molecule has 0 bridgehead atoms. The molecule has 0 aromatic heterocycles. The summed E-state index contributed by atoms with van der Waals surface area (Å²) < 4.78 is 33.5. The van der Waals surface area contributed by atoms with Gasteiger partial charge in [0.25, 0.3) is 15.9 Å². The number of sulfonamides is 1. The predicted molar refractivity (Wildman–Crippen MR) is 128 cm³/mol. The zero-order valence-electron chi connectivity index (χ0n) is 17.4. The maximum atomic E-state index is 12.6. The van der Waals surface area contributed by atoms with Crippen LogP contribution >= 0.6 is 23.2 Å². The molecule has 0 heterocycles. The van der Waals surface area contributed by atoms with Gasteiger partial charge in [0.1, 0.15) is 5.75 Å². The molecule has 0 fully saturated rings. The molecule has 9 heteroatoms. The van der Waals surface area contributed by atoms with Crippen molar-refractivity contribution in [3.8, 4) is 5.75 Å². The molecule has 168 valence electrons. The maximum absolute atomic E-state index is 12.6. The molecule has 2 N–H and O–H groups in total. The molecule has 6 nitrogen and oxygen atoms in total. The predicted octanol–water partition coefficient (Wildman–Crippen LogP) is 5.90. The average Bonchev–Trinajstić information content (AvgIpc) is 2.75. The minimum absolute atomic E-state index is 0.0504. The van der Waals surface area contributed by atoms with E-state index in [-0.39, 0.29) is 10.8 Å². The van der Waals surface area contributed by atoms with Gasteiger partial charge in [-0.25, -0.2) is 8.42 Å². The van der Waals surface area contributed by atoms with Crippen LogP contribution in [0.15, 0.2) is 71.6 Å². The van der Waals surface area contributed by atoms with E-state index in [1.807, 2.05) is 13.8 Å². The fraction of sp³-hybridized carbons (Fsp3) is 0.174. The van der Waals surface area contributed by atoms with Crippen LogP contribution in [0.25, 0.3) is 0 Å². The third-order valence-corrected chi connectivity index (χ3v) is 6.63. The van der Waals surface area contributed by atoms with Crippen LogP contribution in [0.4, 0.5) is 11.4 Å². The summed E-state index contributed by atoms with van der Waals surface area (Å²) in [7, 11) is -3.81. The molecule has 0 aliphatic rings. The molecule has 0 saturated carbocycles. The van der Waals surface area contributed by atoms with E-state index in [9.17, 15) is 13.2 Å². The number of aryl methyl sites for hydroxylation is 1. The second kappa shape index (κ2) is 10.3. The molecular formula is C23H22Cl2N2O4S. The number of benzene rings is 3. The van der Waals surface area contributed by atoms with E-state index >= 15 is 0 Å². The molecule has 1 atom stereocenters. The maximum Gasteiger partial charge on any atom is 0.265 e. The van der Waals surface area contributed by atoms with Crippen molar-refractivity contribution in [1.82, 2.24) is 0 Å². The van der Waals surface area contributed by atoms with Crippen molar-refractivity contribution in [3.63, 3.8) is 0 Å². The molecule has 3 rings (SSSR count). The van der Waals surface area contributed by atoms with E-state index in [0.717, 1.165) is 5.56 Å². The molecule has 0 unspecified atom stereocenters. The Morgan fingerprint density at radius 1 is 1.00 bits per heavy atom. The number of hydrogen-bond acceptors (Lipinski definition) is 4. The Morgan fingerprint density at radius 3 is 2.31 bits per heavy atom. The van der Waals surface area contributed by atoms with E-state index in [1.54, 1.807) is 42.5 Å². The fourth-order valence-electron chi connectivity index (χ4n) is 2.84. The first-order valence-electron chi connectivity index (χ1n) is 9.80. The van der Waals surface area contributed by atoms with Gasteiger partial charge in [0.2, 0.25) is 0 Å². The Hall–Kier alpha value is -2.74. The highest BCUT2D eigenvalue weighted by Gasteiger charge is 2.20. The third-order valence-electron chi connectivity index (χ3n) is 4.59. The van der Waals surface area contributed by atoms with Gasteiger partial charge in [-0.15, -0.1) is 0 Å². The van der Waals surface area contributed by atoms with Crippen molar-refractivity contribution in [2.24, 2.45) is 0 Å². The summed E-state index contributed by atoms with van der Waals surface area (Å²) in [6.07, 6.45) is -0.293. The quantitative estimate of drug-likeness (QED) is 0.409. The van der Waals surface area contributed by atoms with Crippen LogP contribution in [-0.2, 0) is 14.8 Å². The van der Waals surface area contributed by atoms with E-state index < -0.39 is 16.1 Å². The summed E-state index contributed by atoms with van der Waals surface area (Å²) in [4.78, 5) is 12.7. The highest BCUT2D eigenvalue weighted by atomic mass is 35.5. The van der Waals surface area contributed by atoms with Gasteiger partial charge in [0, 0.05) is 15.7 Å². The summed E-state index contributed by atoms with van der Waals surface area (Å²) in [6, 6.07) is 17.6. The van der Waals surface area contributed by atoms with Crippen molar-refractivity contribution in [3.05, 3.63) is 82.3 Å². The van der Waals surface area contributed by atoms with Crippen LogP contribution in [0.3, 0.4) is 0 Å². The fourth-order valence-corrected chi connectivity index (χ4v) is 4.25. The molecule has 0 aliphatic heterocycles. The van der Waals surface area contributed by atoms with E-state index in [1.165, 1.54) is 24.3 Å². The molecular weight excluding hydrogens is 471 g/mol.